The van der Waals surface area contributed by atoms with Gasteiger partial charge in [-0.05, 0) is 32.8 Å². The first-order valence-electron chi connectivity index (χ1n) is 5.47. The van der Waals surface area contributed by atoms with E-state index in [0.717, 1.165) is 0 Å². The maximum Gasteiger partial charge on any atom is 0.308 e. The molecule has 0 aliphatic rings. The van der Waals surface area contributed by atoms with Gasteiger partial charge in [-0.2, -0.15) is 0 Å². The summed E-state index contributed by atoms with van der Waals surface area (Å²) in [7, 11) is 0. The molecule has 0 saturated carbocycles. The Bertz CT molecular complexity index is 258. The zero-order valence-electron chi connectivity index (χ0n) is 10.2. The summed E-state index contributed by atoms with van der Waals surface area (Å²) in [5, 5.41) is 0. The Hall–Kier alpha value is -1.16. The largest absolute Gasteiger partial charge is 0.436 e. The van der Waals surface area contributed by atoms with E-state index in [1.807, 2.05) is 6.92 Å². The first kappa shape index (κ1) is 14.8. The van der Waals surface area contributed by atoms with Crippen LogP contribution in [0.1, 0.15) is 40.0 Å². The molecule has 0 saturated heterocycles. The lowest BCUT2D eigenvalue weighted by Crippen LogP contribution is -2.18. The molecule has 0 amide bonds. The van der Waals surface area contributed by atoms with Gasteiger partial charge < -0.3 is 9.47 Å². The second kappa shape index (κ2) is 8.05. The normalized spacial score (nSPS) is 11.9. The number of hydrogen-bond acceptors (Lipinski definition) is 4. The molecule has 0 spiro atoms. The lowest BCUT2D eigenvalue weighted by Gasteiger charge is -2.12. The number of hydrogen-bond donors (Lipinski definition) is 0. The quantitative estimate of drug-likeness (QED) is 0.363. The second-order valence-electron chi connectivity index (χ2n) is 3.57. The minimum atomic E-state index is -0.519. The van der Waals surface area contributed by atoms with Gasteiger partial charge >= 0.3 is 5.97 Å². The summed E-state index contributed by atoms with van der Waals surface area (Å²) < 4.78 is 9.99. The van der Waals surface area contributed by atoms with Gasteiger partial charge in [0.1, 0.15) is 0 Å². The van der Waals surface area contributed by atoms with E-state index in [0.29, 0.717) is 25.0 Å². The minimum Gasteiger partial charge on any atom is -0.436 e. The Balaban J connectivity index is 3.66. The lowest BCUT2D eigenvalue weighted by atomic mass is 10.1. The fourth-order valence-corrected chi connectivity index (χ4v) is 1.12. The predicted octanol–water partition coefficient (Wildman–Crippen LogP) is 2.23. The third-order valence-corrected chi connectivity index (χ3v) is 1.96. The Morgan fingerprint density at radius 3 is 2.44 bits per heavy atom. The molecule has 0 radical (unpaired) electrons. The van der Waals surface area contributed by atoms with Crippen molar-refractivity contribution in [2.24, 2.45) is 0 Å². The molecular formula is C12H20O4. The average molecular weight is 228 g/mol. The highest BCUT2D eigenvalue weighted by atomic mass is 16.7. The van der Waals surface area contributed by atoms with Crippen LogP contribution >= 0.6 is 0 Å². The van der Waals surface area contributed by atoms with Crippen LogP contribution in [0.2, 0.25) is 0 Å². The highest BCUT2D eigenvalue weighted by molar-refractivity contribution is 5.94. The number of carbonyl (C=O) groups is 2. The van der Waals surface area contributed by atoms with E-state index in [9.17, 15) is 9.59 Å². The molecule has 0 rings (SSSR count). The molecule has 0 aliphatic heterocycles. The number of ketones is 1. The van der Waals surface area contributed by atoms with Crippen LogP contribution in [-0.2, 0) is 19.1 Å². The summed E-state index contributed by atoms with van der Waals surface area (Å²) in [6, 6.07) is 0. The highest BCUT2D eigenvalue weighted by Crippen LogP contribution is 2.05. The van der Waals surface area contributed by atoms with Crippen molar-refractivity contribution in [3.05, 3.63) is 12.2 Å². The summed E-state index contributed by atoms with van der Waals surface area (Å²) in [6.45, 7) is 9.20. The number of ether oxygens (including phenoxy) is 2. The van der Waals surface area contributed by atoms with Crippen LogP contribution in [-0.4, -0.2) is 24.6 Å². The molecule has 1 unspecified atom stereocenters. The number of rotatable bonds is 8. The minimum absolute atomic E-state index is 0.00865. The molecule has 92 valence electrons. The SMILES string of the molecule is C=C(C)C(=O)CCCC(=O)OC(C)OCC. The van der Waals surface area contributed by atoms with Gasteiger partial charge in [-0.1, -0.05) is 6.58 Å². The van der Waals surface area contributed by atoms with Crippen molar-refractivity contribution in [2.45, 2.75) is 46.3 Å². The first-order chi connectivity index (χ1) is 7.47. The third kappa shape index (κ3) is 7.17. The molecule has 4 heteroatoms. The maximum atomic E-state index is 11.2. The summed E-state index contributed by atoms with van der Waals surface area (Å²) in [5.41, 5.74) is 0.524. The van der Waals surface area contributed by atoms with E-state index in [-0.39, 0.29) is 18.2 Å². The Labute approximate surface area is 96.6 Å². The van der Waals surface area contributed by atoms with Crippen LogP contribution in [0.25, 0.3) is 0 Å². The number of allylic oxidation sites excluding steroid dienone is 1. The van der Waals surface area contributed by atoms with Crippen LogP contribution in [0.3, 0.4) is 0 Å². The summed E-state index contributed by atoms with van der Waals surface area (Å²) in [4.78, 5) is 22.4. The number of carbonyl (C=O) groups excluding carboxylic acids is 2. The maximum absolute atomic E-state index is 11.2. The molecule has 0 aromatic carbocycles. The monoisotopic (exact) mass is 228 g/mol. The van der Waals surface area contributed by atoms with E-state index < -0.39 is 6.29 Å². The predicted molar refractivity (Wildman–Crippen MR) is 60.9 cm³/mol. The molecule has 1 atom stereocenters. The van der Waals surface area contributed by atoms with E-state index in [1.54, 1.807) is 13.8 Å². The molecule has 0 N–H and O–H groups in total. The molecule has 0 heterocycles. The molecular weight excluding hydrogens is 208 g/mol. The smallest absolute Gasteiger partial charge is 0.308 e. The average Bonchev–Trinajstić information content (AvgIpc) is 2.17. The molecule has 16 heavy (non-hydrogen) atoms. The van der Waals surface area contributed by atoms with Crippen LogP contribution < -0.4 is 0 Å². The van der Waals surface area contributed by atoms with E-state index in [1.165, 1.54) is 0 Å². The van der Waals surface area contributed by atoms with Gasteiger partial charge in [0.15, 0.2) is 12.1 Å². The Morgan fingerprint density at radius 1 is 1.31 bits per heavy atom. The Kier molecular flexibility index (Phi) is 7.46. The van der Waals surface area contributed by atoms with Crippen molar-refractivity contribution in [1.82, 2.24) is 0 Å². The van der Waals surface area contributed by atoms with Crippen molar-refractivity contribution < 1.29 is 19.1 Å². The van der Waals surface area contributed by atoms with Gasteiger partial charge in [0, 0.05) is 19.4 Å². The first-order valence-corrected chi connectivity index (χ1v) is 5.47. The number of Topliss-reactive ketones (excluding diaryl/α,β-unsaturated/α-hetero) is 1. The van der Waals surface area contributed by atoms with Crippen molar-refractivity contribution in [3.63, 3.8) is 0 Å². The number of esters is 1. The Morgan fingerprint density at radius 2 is 1.94 bits per heavy atom. The summed E-state index contributed by atoms with van der Waals surface area (Å²) in [5.74, 6) is -0.346. The van der Waals surface area contributed by atoms with Crippen LogP contribution in [0.5, 0.6) is 0 Å². The fraction of sp³-hybridized carbons (Fsp3) is 0.667. The third-order valence-electron chi connectivity index (χ3n) is 1.96. The standard InChI is InChI=1S/C12H20O4/c1-5-15-10(4)16-12(14)8-6-7-11(13)9(2)3/h10H,2,5-8H2,1,3-4H3. The summed E-state index contributed by atoms with van der Waals surface area (Å²) in [6.07, 6.45) is 0.544. The molecule has 0 aliphatic carbocycles. The fourth-order valence-electron chi connectivity index (χ4n) is 1.12. The summed E-state index contributed by atoms with van der Waals surface area (Å²) >= 11 is 0. The van der Waals surface area contributed by atoms with Crippen molar-refractivity contribution >= 4 is 11.8 Å². The molecule has 0 aromatic heterocycles. The van der Waals surface area contributed by atoms with Gasteiger partial charge in [-0.25, -0.2) is 0 Å². The van der Waals surface area contributed by atoms with Crippen molar-refractivity contribution in [1.29, 1.82) is 0 Å². The van der Waals surface area contributed by atoms with E-state index in [2.05, 4.69) is 6.58 Å². The molecule has 4 nitrogen and oxygen atoms in total. The molecule has 0 aromatic rings. The lowest BCUT2D eigenvalue weighted by molar-refractivity contribution is -0.173. The van der Waals surface area contributed by atoms with Crippen molar-refractivity contribution in [3.8, 4) is 0 Å². The van der Waals surface area contributed by atoms with Crippen LogP contribution in [0.15, 0.2) is 12.2 Å². The van der Waals surface area contributed by atoms with Gasteiger partial charge in [0.05, 0.1) is 0 Å². The highest BCUT2D eigenvalue weighted by Gasteiger charge is 2.10. The van der Waals surface area contributed by atoms with Gasteiger partial charge in [0.25, 0.3) is 0 Å². The molecule has 0 bridgehead atoms. The van der Waals surface area contributed by atoms with Crippen LogP contribution in [0.4, 0.5) is 0 Å². The zero-order valence-corrected chi connectivity index (χ0v) is 10.2. The second-order valence-corrected chi connectivity index (χ2v) is 3.57. The van der Waals surface area contributed by atoms with E-state index in [4.69, 9.17) is 9.47 Å². The zero-order chi connectivity index (χ0) is 12.6. The van der Waals surface area contributed by atoms with Gasteiger partial charge in [-0.15, -0.1) is 0 Å². The van der Waals surface area contributed by atoms with Gasteiger partial charge in [-0.3, -0.25) is 9.59 Å². The van der Waals surface area contributed by atoms with Gasteiger partial charge in [0.2, 0.25) is 0 Å². The molecule has 0 fully saturated rings. The van der Waals surface area contributed by atoms with Crippen molar-refractivity contribution in [2.75, 3.05) is 6.61 Å². The van der Waals surface area contributed by atoms with E-state index >= 15 is 0 Å². The topological polar surface area (TPSA) is 52.6 Å². The van der Waals surface area contributed by atoms with Crippen LogP contribution in [0, 0.1) is 0 Å².